The average molecular weight is 399 g/mol. The standard InChI is InChI=1S/C17H14Cl3N3S/c18-12-5-4-10(9-13(12)19)23-17-11(3-1-2-8-21-17)16(22-23)14-6-7-15(20)24-14/h4-7,9,21H,1-3,8H2. The Labute approximate surface area is 159 Å². The Kier molecular flexibility index (Phi) is 4.48. The highest BCUT2D eigenvalue weighted by Crippen LogP contribution is 2.38. The van der Waals surface area contributed by atoms with Crippen LogP contribution in [0.15, 0.2) is 30.3 Å². The molecule has 1 N–H and O–H groups in total. The summed E-state index contributed by atoms with van der Waals surface area (Å²) < 4.78 is 2.69. The Morgan fingerprint density at radius 2 is 1.92 bits per heavy atom. The van der Waals surface area contributed by atoms with E-state index in [1.807, 2.05) is 28.9 Å². The van der Waals surface area contributed by atoms with Crippen LogP contribution < -0.4 is 5.32 Å². The minimum Gasteiger partial charge on any atom is -0.370 e. The largest absolute Gasteiger partial charge is 0.370 e. The maximum absolute atomic E-state index is 6.20. The van der Waals surface area contributed by atoms with Gasteiger partial charge in [-0.3, -0.25) is 0 Å². The Morgan fingerprint density at radius 1 is 1.04 bits per heavy atom. The van der Waals surface area contributed by atoms with Crippen LogP contribution >= 0.6 is 46.1 Å². The molecule has 124 valence electrons. The number of nitrogens with one attached hydrogen (secondary N) is 1. The molecule has 1 aliphatic heterocycles. The normalized spacial score (nSPS) is 14.1. The zero-order valence-corrected chi connectivity index (χ0v) is 15.7. The maximum atomic E-state index is 6.20. The first-order valence-electron chi connectivity index (χ1n) is 7.70. The minimum atomic E-state index is 0.521. The van der Waals surface area contributed by atoms with Gasteiger partial charge in [0, 0.05) is 12.1 Å². The minimum absolute atomic E-state index is 0.521. The molecule has 0 bridgehead atoms. The SMILES string of the molecule is Clc1ccc(-c2nn(-c3ccc(Cl)c(Cl)c3)c3c2CCCCN3)s1. The quantitative estimate of drug-likeness (QED) is 0.548. The molecular weight excluding hydrogens is 385 g/mol. The molecule has 0 unspecified atom stereocenters. The van der Waals surface area contributed by atoms with Crippen molar-refractivity contribution in [1.82, 2.24) is 9.78 Å². The lowest BCUT2D eigenvalue weighted by Crippen LogP contribution is -2.07. The molecule has 0 spiro atoms. The van der Waals surface area contributed by atoms with E-state index in [1.165, 1.54) is 5.56 Å². The highest BCUT2D eigenvalue weighted by atomic mass is 35.5. The van der Waals surface area contributed by atoms with Crippen LogP contribution in [0.4, 0.5) is 5.82 Å². The summed E-state index contributed by atoms with van der Waals surface area (Å²) in [6, 6.07) is 9.51. The molecule has 3 heterocycles. The van der Waals surface area contributed by atoms with Crippen molar-refractivity contribution in [2.45, 2.75) is 19.3 Å². The maximum Gasteiger partial charge on any atom is 0.133 e. The van der Waals surface area contributed by atoms with Gasteiger partial charge in [-0.25, -0.2) is 4.68 Å². The van der Waals surface area contributed by atoms with E-state index in [0.717, 1.165) is 52.2 Å². The molecule has 3 aromatic rings. The second-order valence-corrected chi connectivity index (χ2v) is 8.20. The van der Waals surface area contributed by atoms with E-state index in [-0.39, 0.29) is 0 Å². The summed E-state index contributed by atoms with van der Waals surface area (Å²) in [5, 5.41) is 9.44. The van der Waals surface area contributed by atoms with E-state index >= 15 is 0 Å². The van der Waals surface area contributed by atoms with Crippen molar-refractivity contribution in [1.29, 1.82) is 0 Å². The molecule has 24 heavy (non-hydrogen) atoms. The van der Waals surface area contributed by atoms with Crippen molar-refractivity contribution in [3.8, 4) is 16.3 Å². The molecule has 2 aromatic heterocycles. The van der Waals surface area contributed by atoms with Crippen LogP contribution in [-0.2, 0) is 6.42 Å². The van der Waals surface area contributed by atoms with Gasteiger partial charge in [0.25, 0.3) is 0 Å². The summed E-state index contributed by atoms with van der Waals surface area (Å²) >= 11 is 19.9. The van der Waals surface area contributed by atoms with Crippen LogP contribution in [-0.4, -0.2) is 16.3 Å². The fourth-order valence-electron chi connectivity index (χ4n) is 2.95. The molecule has 0 amide bonds. The molecule has 1 aliphatic rings. The molecule has 0 radical (unpaired) electrons. The summed E-state index contributed by atoms with van der Waals surface area (Å²) in [4.78, 5) is 1.08. The van der Waals surface area contributed by atoms with Gasteiger partial charge < -0.3 is 5.32 Å². The predicted octanol–water partition coefficient (Wildman–Crippen LogP) is 6.31. The van der Waals surface area contributed by atoms with Crippen LogP contribution in [0.2, 0.25) is 14.4 Å². The number of hydrogen-bond donors (Lipinski definition) is 1. The van der Waals surface area contributed by atoms with Crippen molar-refractivity contribution in [2.75, 3.05) is 11.9 Å². The number of anilines is 1. The number of hydrogen-bond acceptors (Lipinski definition) is 3. The lowest BCUT2D eigenvalue weighted by Gasteiger charge is -2.10. The van der Waals surface area contributed by atoms with Gasteiger partial charge in [0.1, 0.15) is 11.5 Å². The van der Waals surface area contributed by atoms with E-state index in [2.05, 4.69) is 5.32 Å². The van der Waals surface area contributed by atoms with Gasteiger partial charge in [0.15, 0.2) is 0 Å². The predicted molar refractivity (Wildman–Crippen MR) is 103 cm³/mol. The summed E-state index contributed by atoms with van der Waals surface area (Å²) in [7, 11) is 0. The Hall–Kier alpha value is -1.20. The summed E-state index contributed by atoms with van der Waals surface area (Å²) in [5.74, 6) is 1.03. The van der Waals surface area contributed by atoms with Crippen molar-refractivity contribution < 1.29 is 0 Å². The topological polar surface area (TPSA) is 29.9 Å². The van der Waals surface area contributed by atoms with E-state index in [0.29, 0.717) is 10.0 Å². The van der Waals surface area contributed by atoms with Gasteiger partial charge >= 0.3 is 0 Å². The lowest BCUT2D eigenvalue weighted by molar-refractivity contribution is 0.780. The molecule has 4 rings (SSSR count). The Balaban J connectivity index is 1.90. The van der Waals surface area contributed by atoms with Gasteiger partial charge in [-0.2, -0.15) is 5.10 Å². The number of nitrogens with zero attached hydrogens (tertiary/aromatic N) is 2. The first kappa shape index (κ1) is 16.3. The monoisotopic (exact) mass is 397 g/mol. The molecule has 7 heteroatoms. The number of halogens is 3. The average Bonchev–Trinajstić information content (AvgIpc) is 3.06. The third-order valence-electron chi connectivity index (χ3n) is 4.08. The van der Waals surface area contributed by atoms with E-state index in [4.69, 9.17) is 39.9 Å². The van der Waals surface area contributed by atoms with Crippen LogP contribution in [0.5, 0.6) is 0 Å². The molecular formula is C17H14Cl3N3S. The van der Waals surface area contributed by atoms with Crippen LogP contribution in [0, 0.1) is 0 Å². The van der Waals surface area contributed by atoms with Gasteiger partial charge in [0.05, 0.1) is 24.9 Å². The lowest BCUT2D eigenvalue weighted by atomic mass is 10.1. The number of thiophene rings is 1. The van der Waals surface area contributed by atoms with E-state index in [1.54, 1.807) is 17.4 Å². The molecule has 0 aliphatic carbocycles. The van der Waals surface area contributed by atoms with E-state index < -0.39 is 0 Å². The molecule has 3 nitrogen and oxygen atoms in total. The van der Waals surface area contributed by atoms with Crippen LogP contribution in [0.3, 0.4) is 0 Å². The van der Waals surface area contributed by atoms with Gasteiger partial charge in [0.2, 0.25) is 0 Å². The molecule has 0 saturated heterocycles. The zero-order chi connectivity index (χ0) is 16.7. The fraction of sp³-hybridized carbons (Fsp3) is 0.235. The van der Waals surface area contributed by atoms with Crippen molar-refractivity contribution in [3.63, 3.8) is 0 Å². The number of fused-ring (bicyclic) bond motifs is 1. The molecule has 0 saturated carbocycles. The van der Waals surface area contributed by atoms with E-state index in [9.17, 15) is 0 Å². The Morgan fingerprint density at radius 3 is 2.67 bits per heavy atom. The first-order chi connectivity index (χ1) is 11.6. The fourth-order valence-corrected chi connectivity index (χ4v) is 4.29. The highest BCUT2D eigenvalue weighted by Gasteiger charge is 2.22. The summed E-state index contributed by atoms with van der Waals surface area (Å²) in [6.07, 6.45) is 3.27. The highest BCUT2D eigenvalue weighted by molar-refractivity contribution is 7.19. The Bertz CT molecular complexity index is 901. The van der Waals surface area contributed by atoms with Gasteiger partial charge in [-0.15, -0.1) is 11.3 Å². The second-order valence-electron chi connectivity index (χ2n) is 5.67. The van der Waals surface area contributed by atoms with Gasteiger partial charge in [-0.1, -0.05) is 34.8 Å². The third-order valence-corrected chi connectivity index (χ3v) is 6.06. The smallest absolute Gasteiger partial charge is 0.133 e. The van der Waals surface area contributed by atoms with Crippen molar-refractivity contribution >= 4 is 52.0 Å². The van der Waals surface area contributed by atoms with Gasteiger partial charge in [-0.05, 0) is 49.6 Å². The zero-order valence-electron chi connectivity index (χ0n) is 12.7. The summed E-state index contributed by atoms with van der Waals surface area (Å²) in [6.45, 7) is 0.935. The molecule has 0 atom stereocenters. The van der Waals surface area contributed by atoms with Crippen LogP contribution in [0.1, 0.15) is 18.4 Å². The number of rotatable bonds is 2. The number of aromatic nitrogens is 2. The first-order valence-corrected chi connectivity index (χ1v) is 9.65. The number of benzene rings is 1. The summed E-state index contributed by atoms with van der Waals surface area (Å²) in [5.41, 5.74) is 3.11. The second kappa shape index (κ2) is 6.60. The third kappa shape index (κ3) is 2.93. The molecule has 1 aromatic carbocycles. The molecule has 0 fully saturated rings. The van der Waals surface area contributed by atoms with Crippen molar-refractivity contribution in [2.24, 2.45) is 0 Å². The van der Waals surface area contributed by atoms with Crippen molar-refractivity contribution in [3.05, 3.63) is 50.3 Å². The van der Waals surface area contributed by atoms with Crippen LogP contribution in [0.25, 0.3) is 16.3 Å².